The number of nitrogens with two attached hydrogens (primary N) is 1. The van der Waals surface area contributed by atoms with Crippen LogP contribution in [0.15, 0.2) is 45.3 Å². The summed E-state index contributed by atoms with van der Waals surface area (Å²) in [7, 11) is 0. The monoisotopic (exact) mass is 394 g/mol. The van der Waals surface area contributed by atoms with Gasteiger partial charge in [-0.3, -0.25) is 4.79 Å². The van der Waals surface area contributed by atoms with Gasteiger partial charge in [0.25, 0.3) is 0 Å². The van der Waals surface area contributed by atoms with Gasteiger partial charge in [0.1, 0.15) is 0 Å². The number of fused-ring (bicyclic) bond motifs is 1. The van der Waals surface area contributed by atoms with Gasteiger partial charge in [0.2, 0.25) is 5.91 Å². The van der Waals surface area contributed by atoms with E-state index in [-0.39, 0.29) is 11.9 Å². The molecular weight excluding hydrogens is 384 g/mol. The van der Waals surface area contributed by atoms with Crippen LogP contribution in [0, 0.1) is 0 Å². The number of benzene rings is 2. The van der Waals surface area contributed by atoms with Crippen LogP contribution in [0.2, 0.25) is 0 Å². The molecule has 3 nitrogen and oxygen atoms in total. The molecule has 5 heteroatoms. The van der Waals surface area contributed by atoms with Gasteiger partial charge in [-0.05, 0) is 41.0 Å². The topological polar surface area (TPSA) is 55.1 Å². The normalized spacial score (nSPS) is 14.8. The summed E-state index contributed by atoms with van der Waals surface area (Å²) >= 11 is 7.00. The molecule has 2 aromatic carbocycles. The number of halogens is 2. The summed E-state index contributed by atoms with van der Waals surface area (Å²) < 4.78 is 1.96. The van der Waals surface area contributed by atoms with Crippen molar-refractivity contribution in [3.8, 4) is 0 Å². The molecule has 0 aromatic heterocycles. The molecule has 3 rings (SSSR count). The van der Waals surface area contributed by atoms with E-state index < -0.39 is 0 Å². The minimum atomic E-state index is -0.233. The van der Waals surface area contributed by atoms with Gasteiger partial charge in [-0.1, -0.05) is 44.0 Å². The van der Waals surface area contributed by atoms with E-state index in [1.165, 1.54) is 0 Å². The average Bonchev–Trinajstić information content (AvgIpc) is 2.79. The molecule has 1 aliphatic heterocycles. The van der Waals surface area contributed by atoms with Gasteiger partial charge >= 0.3 is 0 Å². The first-order valence-electron chi connectivity index (χ1n) is 6.18. The van der Waals surface area contributed by atoms with Crippen molar-refractivity contribution in [2.75, 3.05) is 5.32 Å². The van der Waals surface area contributed by atoms with Crippen LogP contribution >= 0.6 is 31.9 Å². The van der Waals surface area contributed by atoms with Crippen LogP contribution in [-0.2, 0) is 11.2 Å². The van der Waals surface area contributed by atoms with E-state index in [0.29, 0.717) is 6.42 Å². The van der Waals surface area contributed by atoms with Crippen molar-refractivity contribution < 1.29 is 4.79 Å². The maximum atomic E-state index is 11.4. The Morgan fingerprint density at radius 1 is 1.15 bits per heavy atom. The summed E-state index contributed by atoms with van der Waals surface area (Å²) in [6.07, 6.45) is 0.426. The number of hydrogen-bond donors (Lipinski definition) is 2. The zero-order valence-electron chi connectivity index (χ0n) is 10.5. The number of nitrogens with one attached hydrogen (secondary N) is 1. The van der Waals surface area contributed by atoms with Gasteiger partial charge in [-0.15, -0.1) is 0 Å². The number of rotatable bonds is 2. The van der Waals surface area contributed by atoms with Gasteiger partial charge < -0.3 is 11.1 Å². The quantitative estimate of drug-likeness (QED) is 0.813. The molecule has 1 unspecified atom stereocenters. The molecule has 1 atom stereocenters. The van der Waals surface area contributed by atoms with Crippen LogP contribution in [-0.4, -0.2) is 5.91 Å². The lowest BCUT2D eigenvalue weighted by Gasteiger charge is -2.16. The number of hydrogen-bond acceptors (Lipinski definition) is 2. The Kier molecular flexibility index (Phi) is 3.67. The van der Waals surface area contributed by atoms with Gasteiger partial charge in [0, 0.05) is 14.6 Å². The molecule has 20 heavy (non-hydrogen) atoms. The van der Waals surface area contributed by atoms with Crippen molar-refractivity contribution in [1.82, 2.24) is 0 Å². The number of carbonyl (C=O) groups is 1. The van der Waals surface area contributed by atoms with Gasteiger partial charge in [0.15, 0.2) is 0 Å². The summed E-state index contributed by atoms with van der Waals surface area (Å²) in [5.41, 5.74) is 10.3. The van der Waals surface area contributed by atoms with E-state index in [4.69, 9.17) is 5.73 Å². The standard InChI is InChI=1S/C15H12Br2N2O/c16-10-2-3-12(17)11(7-10)15(18)8-1-4-13-9(5-8)6-14(20)19-13/h1-5,7,15H,6,18H2,(H,19,20). The zero-order chi connectivity index (χ0) is 14.3. The first-order valence-corrected chi connectivity index (χ1v) is 7.76. The Bertz CT molecular complexity index is 700. The SMILES string of the molecule is NC(c1ccc2c(c1)CC(=O)N2)c1cc(Br)ccc1Br. The van der Waals surface area contributed by atoms with Crippen molar-refractivity contribution in [2.24, 2.45) is 5.73 Å². The molecule has 3 N–H and O–H groups in total. The average molecular weight is 396 g/mol. The van der Waals surface area contributed by atoms with Gasteiger partial charge in [-0.2, -0.15) is 0 Å². The fraction of sp³-hybridized carbons (Fsp3) is 0.133. The van der Waals surface area contributed by atoms with Gasteiger partial charge in [0.05, 0.1) is 12.5 Å². The van der Waals surface area contributed by atoms with Crippen molar-refractivity contribution in [3.63, 3.8) is 0 Å². The minimum Gasteiger partial charge on any atom is -0.326 e. The van der Waals surface area contributed by atoms with Crippen molar-refractivity contribution >= 4 is 43.5 Å². The molecular formula is C15H12Br2N2O. The fourth-order valence-corrected chi connectivity index (χ4v) is 3.25. The van der Waals surface area contributed by atoms with E-state index in [1.807, 2.05) is 36.4 Å². The van der Waals surface area contributed by atoms with Crippen LogP contribution in [0.4, 0.5) is 5.69 Å². The predicted molar refractivity (Wildman–Crippen MR) is 86.6 cm³/mol. The first-order chi connectivity index (χ1) is 9.54. The molecule has 102 valence electrons. The minimum absolute atomic E-state index is 0.0364. The van der Waals surface area contributed by atoms with E-state index in [2.05, 4.69) is 37.2 Å². The second kappa shape index (κ2) is 5.31. The molecule has 1 heterocycles. The lowest BCUT2D eigenvalue weighted by molar-refractivity contribution is -0.115. The number of amides is 1. The highest BCUT2D eigenvalue weighted by Crippen LogP contribution is 2.32. The number of anilines is 1. The van der Waals surface area contributed by atoms with Crippen LogP contribution in [0.25, 0.3) is 0 Å². The molecule has 1 aliphatic rings. The Morgan fingerprint density at radius 3 is 2.75 bits per heavy atom. The maximum Gasteiger partial charge on any atom is 0.228 e. The maximum absolute atomic E-state index is 11.4. The second-order valence-electron chi connectivity index (χ2n) is 4.79. The van der Waals surface area contributed by atoms with Crippen LogP contribution in [0.3, 0.4) is 0 Å². The largest absolute Gasteiger partial charge is 0.326 e. The van der Waals surface area contributed by atoms with Crippen LogP contribution in [0.5, 0.6) is 0 Å². The van der Waals surface area contributed by atoms with E-state index >= 15 is 0 Å². The summed E-state index contributed by atoms with van der Waals surface area (Å²) in [6.45, 7) is 0. The van der Waals surface area contributed by atoms with E-state index in [9.17, 15) is 4.79 Å². The Labute approximate surface area is 133 Å². The molecule has 0 spiro atoms. The summed E-state index contributed by atoms with van der Waals surface area (Å²) in [4.78, 5) is 11.4. The smallest absolute Gasteiger partial charge is 0.228 e. The molecule has 0 bridgehead atoms. The third-order valence-electron chi connectivity index (χ3n) is 3.41. The summed E-state index contributed by atoms with van der Waals surface area (Å²) in [6, 6.07) is 11.6. The molecule has 2 aromatic rings. The van der Waals surface area contributed by atoms with Crippen molar-refractivity contribution in [3.05, 3.63) is 62.0 Å². The molecule has 1 amide bonds. The third-order valence-corrected chi connectivity index (χ3v) is 4.62. The summed E-state index contributed by atoms with van der Waals surface area (Å²) in [5.74, 6) is 0.0364. The predicted octanol–water partition coefficient (Wildman–Crippen LogP) is 3.75. The molecule has 0 fully saturated rings. The number of carbonyl (C=O) groups excluding carboxylic acids is 1. The highest BCUT2D eigenvalue weighted by molar-refractivity contribution is 9.11. The Morgan fingerprint density at radius 2 is 1.95 bits per heavy atom. The molecule has 0 saturated heterocycles. The van der Waals surface area contributed by atoms with Crippen LogP contribution in [0.1, 0.15) is 22.7 Å². The van der Waals surface area contributed by atoms with E-state index in [0.717, 1.165) is 31.3 Å². The van der Waals surface area contributed by atoms with Crippen LogP contribution < -0.4 is 11.1 Å². The van der Waals surface area contributed by atoms with Gasteiger partial charge in [-0.25, -0.2) is 0 Å². The third kappa shape index (κ3) is 2.53. The lowest BCUT2D eigenvalue weighted by atomic mass is 9.97. The Balaban J connectivity index is 1.99. The highest BCUT2D eigenvalue weighted by atomic mass is 79.9. The molecule has 0 aliphatic carbocycles. The zero-order valence-corrected chi connectivity index (χ0v) is 13.7. The molecule has 0 radical (unpaired) electrons. The van der Waals surface area contributed by atoms with Crippen molar-refractivity contribution in [2.45, 2.75) is 12.5 Å². The summed E-state index contributed by atoms with van der Waals surface area (Å²) in [5, 5.41) is 2.83. The fourth-order valence-electron chi connectivity index (χ4n) is 2.38. The highest BCUT2D eigenvalue weighted by Gasteiger charge is 2.20. The first kappa shape index (κ1) is 13.8. The Hall–Kier alpha value is -1.17. The van der Waals surface area contributed by atoms with E-state index in [1.54, 1.807) is 0 Å². The molecule has 0 saturated carbocycles. The lowest BCUT2D eigenvalue weighted by Crippen LogP contribution is -2.12. The van der Waals surface area contributed by atoms with Crippen molar-refractivity contribution in [1.29, 1.82) is 0 Å². The second-order valence-corrected chi connectivity index (χ2v) is 6.56.